The van der Waals surface area contributed by atoms with E-state index < -0.39 is 0 Å². The van der Waals surface area contributed by atoms with Crippen molar-refractivity contribution in [3.05, 3.63) is 54.0 Å². The molecule has 3 rings (SSSR count). The summed E-state index contributed by atoms with van der Waals surface area (Å²) in [6, 6.07) is 12.2. The number of amides is 1. The van der Waals surface area contributed by atoms with Crippen LogP contribution in [0.1, 0.15) is 22.6 Å². The van der Waals surface area contributed by atoms with Crippen LogP contribution < -0.4 is 5.32 Å². The van der Waals surface area contributed by atoms with Gasteiger partial charge in [-0.25, -0.2) is 0 Å². The van der Waals surface area contributed by atoms with Crippen LogP contribution in [0.4, 0.5) is 0 Å². The number of para-hydroxylation sites is 1. The van der Waals surface area contributed by atoms with Crippen LogP contribution in [-0.4, -0.2) is 26.8 Å². The van der Waals surface area contributed by atoms with Crippen LogP contribution in [0.2, 0.25) is 0 Å². The first kappa shape index (κ1) is 14.4. The number of nitrogens with one attached hydrogen (secondary N) is 1. The molecule has 0 unspecified atom stereocenters. The zero-order valence-corrected chi connectivity index (χ0v) is 12.9. The average molecular weight is 296 g/mol. The summed E-state index contributed by atoms with van der Waals surface area (Å²) in [5.41, 5.74) is 2.68. The van der Waals surface area contributed by atoms with Crippen molar-refractivity contribution in [2.75, 3.05) is 6.54 Å². The van der Waals surface area contributed by atoms with Crippen LogP contribution in [0, 0.1) is 6.92 Å². The second kappa shape index (κ2) is 6.05. The summed E-state index contributed by atoms with van der Waals surface area (Å²) in [6.45, 7) is 3.46. The van der Waals surface area contributed by atoms with Gasteiger partial charge in [-0.05, 0) is 36.9 Å². The van der Waals surface area contributed by atoms with E-state index in [1.165, 1.54) is 10.9 Å². The highest BCUT2D eigenvalue weighted by Crippen LogP contribution is 2.15. The van der Waals surface area contributed by atoms with Crippen LogP contribution in [0.15, 0.2) is 42.6 Å². The van der Waals surface area contributed by atoms with Crippen molar-refractivity contribution < 1.29 is 4.79 Å². The quantitative estimate of drug-likeness (QED) is 0.736. The summed E-state index contributed by atoms with van der Waals surface area (Å²) in [5, 5.41) is 8.35. The Bertz CT molecular complexity index is 780. The van der Waals surface area contributed by atoms with E-state index in [0.717, 1.165) is 18.7 Å². The van der Waals surface area contributed by atoms with Crippen molar-refractivity contribution in [1.29, 1.82) is 0 Å². The Morgan fingerprint density at radius 1 is 1.27 bits per heavy atom. The van der Waals surface area contributed by atoms with Gasteiger partial charge >= 0.3 is 0 Å². The molecule has 1 aromatic carbocycles. The van der Waals surface area contributed by atoms with Crippen molar-refractivity contribution in [3.63, 3.8) is 0 Å². The molecule has 0 saturated heterocycles. The molecule has 114 valence electrons. The Balaban J connectivity index is 1.52. The van der Waals surface area contributed by atoms with E-state index in [4.69, 9.17) is 0 Å². The molecule has 2 aromatic heterocycles. The first-order chi connectivity index (χ1) is 10.6. The molecule has 1 amide bonds. The lowest BCUT2D eigenvalue weighted by atomic mass is 10.2. The maximum atomic E-state index is 12.0. The lowest BCUT2D eigenvalue weighted by molar-refractivity contribution is 0.0947. The third-order valence-electron chi connectivity index (χ3n) is 3.89. The fourth-order valence-corrected chi connectivity index (χ4v) is 2.55. The maximum Gasteiger partial charge on any atom is 0.271 e. The molecule has 0 fully saturated rings. The standard InChI is InChI=1S/C17H20N4O/c1-13-12-15(19-20(13)2)17(22)18-9-5-10-21-11-8-14-6-3-4-7-16(14)21/h3-4,6-8,11-12H,5,9-10H2,1-2H3,(H,18,22). The highest BCUT2D eigenvalue weighted by molar-refractivity contribution is 5.92. The Hall–Kier alpha value is -2.56. The fraction of sp³-hybridized carbons (Fsp3) is 0.294. The van der Waals surface area contributed by atoms with Crippen molar-refractivity contribution in [2.45, 2.75) is 19.9 Å². The molecule has 5 heteroatoms. The summed E-state index contributed by atoms with van der Waals surface area (Å²) in [7, 11) is 1.84. The van der Waals surface area contributed by atoms with Gasteiger partial charge in [-0.1, -0.05) is 18.2 Å². The predicted octanol–water partition coefficient (Wildman–Crippen LogP) is 2.50. The van der Waals surface area contributed by atoms with E-state index >= 15 is 0 Å². The summed E-state index contributed by atoms with van der Waals surface area (Å²) >= 11 is 0. The number of hydrogen-bond donors (Lipinski definition) is 1. The molecule has 0 aliphatic carbocycles. The smallest absolute Gasteiger partial charge is 0.271 e. The normalized spacial score (nSPS) is 11.0. The molecule has 0 atom stereocenters. The van der Waals surface area contributed by atoms with Gasteiger partial charge in [-0.3, -0.25) is 9.48 Å². The van der Waals surface area contributed by atoms with Gasteiger partial charge in [0.05, 0.1) is 0 Å². The Morgan fingerprint density at radius 3 is 2.86 bits per heavy atom. The van der Waals surface area contributed by atoms with Crippen molar-refractivity contribution in [2.24, 2.45) is 7.05 Å². The minimum absolute atomic E-state index is 0.110. The first-order valence-corrected chi connectivity index (χ1v) is 7.48. The lowest BCUT2D eigenvalue weighted by Gasteiger charge is -2.06. The molecule has 0 aliphatic rings. The highest BCUT2D eigenvalue weighted by atomic mass is 16.1. The SMILES string of the molecule is Cc1cc(C(=O)NCCCn2ccc3ccccc32)nn1C. The molecule has 3 aromatic rings. The monoisotopic (exact) mass is 296 g/mol. The minimum atomic E-state index is -0.110. The molecule has 0 saturated carbocycles. The van der Waals surface area contributed by atoms with E-state index in [0.29, 0.717) is 12.2 Å². The number of rotatable bonds is 5. The number of aromatic nitrogens is 3. The molecule has 0 radical (unpaired) electrons. The summed E-state index contributed by atoms with van der Waals surface area (Å²) in [5.74, 6) is -0.110. The van der Waals surface area contributed by atoms with Gasteiger partial charge in [0.25, 0.3) is 5.91 Å². The molecular formula is C17H20N4O. The van der Waals surface area contributed by atoms with Crippen molar-refractivity contribution in [1.82, 2.24) is 19.7 Å². The average Bonchev–Trinajstić information content (AvgIpc) is 3.08. The van der Waals surface area contributed by atoms with Crippen LogP contribution in [0.3, 0.4) is 0 Å². The molecule has 5 nitrogen and oxygen atoms in total. The predicted molar refractivity (Wildman–Crippen MR) is 86.8 cm³/mol. The minimum Gasteiger partial charge on any atom is -0.351 e. The van der Waals surface area contributed by atoms with Crippen LogP contribution >= 0.6 is 0 Å². The number of aryl methyl sites for hydroxylation is 3. The second-order valence-corrected chi connectivity index (χ2v) is 5.47. The third-order valence-corrected chi connectivity index (χ3v) is 3.89. The molecule has 0 spiro atoms. The molecule has 1 N–H and O–H groups in total. The largest absolute Gasteiger partial charge is 0.351 e. The van der Waals surface area contributed by atoms with Crippen LogP contribution in [-0.2, 0) is 13.6 Å². The van der Waals surface area contributed by atoms with Gasteiger partial charge in [-0.15, -0.1) is 0 Å². The Kier molecular flexibility index (Phi) is 3.96. The van der Waals surface area contributed by atoms with E-state index in [2.05, 4.69) is 39.4 Å². The number of benzene rings is 1. The zero-order valence-electron chi connectivity index (χ0n) is 12.9. The summed E-state index contributed by atoms with van der Waals surface area (Å²) in [4.78, 5) is 12.0. The maximum absolute atomic E-state index is 12.0. The van der Waals surface area contributed by atoms with Gasteiger partial charge in [0, 0.05) is 37.5 Å². The van der Waals surface area contributed by atoms with E-state index in [9.17, 15) is 4.79 Å². The van der Waals surface area contributed by atoms with E-state index in [1.54, 1.807) is 10.7 Å². The fourth-order valence-electron chi connectivity index (χ4n) is 2.55. The second-order valence-electron chi connectivity index (χ2n) is 5.47. The molecule has 22 heavy (non-hydrogen) atoms. The number of carbonyl (C=O) groups excluding carboxylic acids is 1. The van der Waals surface area contributed by atoms with Gasteiger partial charge in [-0.2, -0.15) is 5.10 Å². The number of fused-ring (bicyclic) bond motifs is 1. The topological polar surface area (TPSA) is 51.9 Å². The molecule has 0 aliphatic heterocycles. The highest BCUT2D eigenvalue weighted by Gasteiger charge is 2.10. The first-order valence-electron chi connectivity index (χ1n) is 7.48. The number of carbonyl (C=O) groups is 1. The Labute approximate surface area is 129 Å². The summed E-state index contributed by atoms with van der Waals surface area (Å²) < 4.78 is 3.92. The third kappa shape index (κ3) is 2.88. The van der Waals surface area contributed by atoms with Gasteiger partial charge in [0.1, 0.15) is 5.69 Å². The number of hydrogen-bond acceptors (Lipinski definition) is 2. The van der Waals surface area contributed by atoms with Crippen molar-refractivity contribution >= 4 is 16.8 Å². The van der Waals surface area contributed by atoms with Gasteiger partial charge in [0.15, 0.2) is 0 Å². The van der Waals surface area contributed by atoms with Crippen LogP contribution in [0.5, 0.6) is 0 Å². The van der Waals surface area contributed by atoms with Gasteiger partial charge in [0.2, 0.25) is 0 Å². The lowest BCUT2D eigenvalue weighted by Crippen LogP contribution is -2.25. The molecule has 0 bridgehead atoms. The van der Waals surface area contributed by atoms with Crippen LogP contribution in [0.25, 0.3) is 10.9 Å². The number of nitrogens with zero attached hydrogens (tertiary/aromatic N) is 3. The van der Waals surface area contributed by atoms with Crippen molar-refractivity contribution in [3.8, 4) is 0 Å². The summed E-state index contributed by atoms with van der Waals surface area (Å²) in [6.07, 6.45) is 2.98. The zero-order chi connectivity index (χ0) is 15.5. The van der Waals surface area contributed by atoms with E-state index in [-0.39, 0.29) is 5.91 Å². The van der Waals surface area contributed by atoms with E-state index in [1.807, 2.05) is 26.1 Å². The Morgan fingerprint density at radius 2 is 2.09 bits per heavy atom. The van der Waals surface area contributed by atoms with Gasteiger partial charge < -0.3 is 9.88 Å². The molecular weight excluding hydrogens is 276 g/mol. The molecule has 2 heterocycles.